The molecule has 0 aromatic carbocycles. The number of rotatable bonds is 4. The zero-order chi connectivity index (χ0) is 10.5. The summed E-state index contributed by atoms with van der Waals surface area (Å²) in [6.45, 7) is 2.32. The molecule has 0 aromatic heterocycles. The number of nitrogens with two attached hydrogens (primary N) is 1. The molecule has 2 aliphatic carbocycles. The molecule has 0 amide bonds. The van der Waals surface area contributed by atoms with Crippen LogP contribution in [0.15, 0.2) is 0 Å². The largest absolute Gasteiger partial charge is 0.394 e. The van der Waals surface area contributed by atoms with Gasteiger partial charge in [-0.15, -0.1) is 0 Å². The maximum absolute atomic E-state index is 9.47. The number of piperidine rings is 1. The molecule has 3 fully saturated rings. The van der Waals surface area contributed by atoms with E-state index in [-0.39, 0.29) is 12.1 Å². The van der Waals surface area contributed by atoms with Crippen molar-refractivity contribution in [1.82, 2.24) is 4.90 Å². The molecule has 3 nitrogen and oxygen atoms in total. The minimum atomic E-state index is -0.301. The fraction of sp³-hybridized carbons (Fsp3) is 1.00. The van der Waals surface area contributed by atoms with Crippen molar-refractivity contribution in [2.45, 2.75) is 43.7 Å². The molecule has 1 heterocycles. The van der Waals surface area contributed by atoms with Crippen LogP contribution in [0.25, 0.3) is 0 Å². The predicted molar refractivity (Wildman–Crippen MR) is 59.4 cm³/mol. The number of likely N-dealkylation sites (tertiary alicyclic amines) is 1. The molecule has 3 rings (SSSR count). The van der Waals surface area contributed by atoms with Crippen molar-refractivity contribution >= 4 is 0 Å². The molecular formula is C12H22N2O. The third-order valence-electron chi connectivity index (χ3n) is 4.70. The minimum Gasteiger partial charge on any atom is -0.394 e. The number of hydrogen-bond donors (Lipinski definition) is 2. The van der Waals surface area contributed by atoms with E-state index in [1.54, 1.807) is 0 Å². The predicted octanol–water partition coefficient (Wildman–Crippen LogP) is 0.570. The monoisotopic (exact) mass is 210 g/mol. The standard InChI is InChI=1S/C12H22N2O/c13-12(8-15,10-2-3-10)7-14-6-9-1-4-11(14)5-9/h9-11,15H,1-8,13H2. The number of aliphatic hydroxyl groups is 1. The summed E-state index contributed by atoms with van der Waals surface area (Å²) in [7, 11) is 0. The summed E-state index contributed by atoms with van der Waals surface area (Å²) in [5, 5.41) is 9.47. The lowest BCUT2D eigenvalue weighted by Gasteiger charge is -2.36. The van der Waals surface area contributed by atoms with Crippen LogP contribution in [-0.2, 0) is 0 Å². The summed E-state index contributed by atoms with van der Waals surface area (Å²) < 4.78 is 0. The molecule has 2 bridgehead atoms. The van der Waals surface area contributed by atoms with Gasteiger partial charge in [0.15, 0.2) is 0 Å². The average Bonchev–Trinajstić information content (AvgIpc) is 2.92. The number of fused-ring (bicyclic) bond motifs is 2. The highest BCUT2D eigenvalue weighted by Crippen LogP contribution is 2.42. The van der Waals surface area contributed by atoms with Gasteiger partial charge in [0.1, 0.15) is 0 Å². The fourth-order valence-electron chi connectivity index (χ4n) is 3.56. The Bertz CT molecular complexity index is 254. The first-order valence-electron chi connectivity index (χ1n) is 6.35. The molecule has 3 unspecified atom stereocenters. The Morgan fingerprint density at radius 2 is 2.07 bits per heavy atom. The zero-order valence-corrected chi connectivity index (χ0v) is 9.36. The summed E-state index contributed by atoms with van der Waals surface area (Å²) in [4.78, 5) is 2.54. The molecule has 0 aromatic rings. The van der Waals surface area contributed by atoms with Gasteiger partial charge in [-0.25, -0.2) is 0 Å². The third kappa shape index (κ3) is 1.71. The summed E-state index contributed by atoms with van der Waals surface area (Å²) in [5.74, 6) is 1.51. The van der Waals surface area contributed by atoms with Crippen molar-refractivity contribution in [1.29, 1.82) is 0 Å². The highest BCUT2D eigenvalue weighted by atomic mass is 16.3. The van der Waals surface area contributed by atoms with E-state index in [9.17, 15) is 5.11 Å². The van der Waals surface area contributed by atoms with Gasteiger partial charge in [-0.2, -0.15) is 0 Å². The van der Waals surface area contributed by atoms with Crippen molar-refractivity contribution in [3.05, 3.63) is 0 Å². The lowest BCUT2D eigenvalue weighted by molar-refractivity contribution is 0.103. The maximum Gasteiger partial charge on any atom is 0.0626 e. The fourth-order valence-corrected chi connectivity index (χ4v) is 3.56. The van der Waals surface area contributed by atoms with E-state index in [0.717, 1.165) is 18.5 Å². The van der Waals surface area contributed by atoms with Gasteiger partial charge >= 0.3 is 0 Å². The van der Waals surface area contributed by atoms with Gasteiger partial charge in [0.2, 0.25) is 0 Å². The van der Waals surface area contributed by atoms with E-state index in [1.165, 1.54) is 38.6 Å². The first-order chi connectivity index (χ1) is 7.21. The van der Waals surface area contributed by atoms with E-state index < -0.39 is 0 Å². The molecule has 1 saturated heterocycles. The Balaban J connectivity index is 1.64. The Hall–Kier alpha value is -0.120. The van der Waals surface area contributed by atoms with Crippen molar-refractivity contribution < 1.29 is 5.11 Å². The van der Waals surface area contributed by atoms with Crippen LogP contribution in [0.1, 0.15) is 32.1 Å². The van der Waals surface area contributed by atoms with Crippen LogP contribution >= 0.6 is 0 Å². The Kier molecular flexibility index (Phi) is 2.31. The third-order valence-corrected chi connectivity index (χ3v) is 4.70. The van der Waals surface area contributed by atoms with E-state index in [0.29, 0.717) is 5.92 Å². The Labute approximate surface area is 91.6 Å². The van der Waals surface area contributed by atoms with Gasteiger partial charge in [0.05, 0.1) is 12.1 Å². The van der Waals surface area contributed by atoms with E-state index >= 15 is 0 Å². The summed E-state index contributed by atoms with van der Waals surface area (Å²) in [6, 6.07) is 0.781. The average molecular weight is 210 g/mol. The SMILES string of the molecule is NC(CO)(CN1CC2CCC1C2)C1CC1. The topological polar surface area (TPSA) is 49.5 Å². The molecule has 15 heavy (non-hydrogen) atoms. The molecule has 86 valence electrons. The van der Waals surface area contributed by atoms with Crippen molar-refractivity contribution in [3.63, 3.8) is 0 Å². The number of aliphatic hydroxyl groups excluding tert-OH is 1. The molecule has 3 heteroatoms. The number of hydrogen-bond acceptors (Lipinski definition) is 3. The first-order valence-corrected chi connectivity index (χ1v) is 6.35. The van der Waals surface area contributed by atoms with Crippen LogP contribution in [0, 0.1) is 11.8 Å². The quantitative estimate of drug-likeness (QED) is 0.713. The second-order valence-electron chi connectivity index (χ2n) is 5.93. The molecule has 1 aliphatic heterocycles. The molecular weight excluding hydrogens is 188 g/mol. The zero-order valence-electron chi connectivity index (χ0n) is 9.36. The lowest BCUT2D eigenvalue weighted by atomic mass is 9.94. The summed E-state index contributed by atoms with van der Waals surface area (Å²) in [5.41, 5.74) is 6.02. The van der Waals surface area contributed by atoms with Crippen molar-refractivity contribution in [3.8, 4) is 0 Å². The second kappa shape index (κ2) is 3.44. The highest BCUT2D eigenvalue weighted by Gasteiger charge is 2.46. The van der Waals surface area contributed by atoms with Crippen LogP contribution < -0.4 is 5.73 Å². The van der Waals surface area contributed by atoms with Gasteiger partial charge in [-0.3, -0.25) is 4.90 Å². The van der Waals surface area contributed by atoms with E-state index in [2.05, 4.69) is 4.90 Å². The molecule has 0 radical (unpaired) electrons. The maximum atomic E-state index is 9.47. The minimum absolute atomic E-state index is 0.158. The van der Waals surface area contributed by atoms with Crippen LogP contribution in [0.4, 0.5) is 0 Å². The molecule has 3 aliphatic rings. The molecule has 0 spiro atoms. The van der Waals surface area contributed by atoms with Crippen LogP contribution in [0.2, 0.25) is 0 Å². The smallest absolute Gasteiger partial charge is 0.0626 e. The van der Waals surface area contributed by atoms with Gasteiger partial charge in [0, 0.05) is 19.1 Å². The highest BCUT2D eigenvalue weighted by molar-refractivity contribution is 5.03. The van der Waals surface area contributed by atoms with E-state index in [1.807, 2.05) is 0 Å². The summed E-state index contributed by atoms with van der Waals surface area (Å²) >= 11 is 0. The van der Waals surface area contributed by atoms with E-state index in [4.69, 9.17) is 5.73 Å². The molecule has 3 atom stereocenters. The van der Waals surface area contributed by atoms with Gasteiger partial charge in [0.25, 0.3) is 0 Å². The number of nitrogens with zero attached hydrogens (tertiary/aromatic N) is 1. The van der Waals surface area contributed by atoms with Gasteiger partial charge < -0.3 is 10.8 Å². The van der Waals surface area contributed by atoms with Gasteiger partial charge in [-0.1, -0.05) is 0 Å². The van der Waals surface area contributed by atoms with Crippen LogP contribution in [0.5, 0.6) is 0 Å². The van der Waals surface area contributed by atoms with Crippen molar-refractivity contribution in [2.24, 2.45) is 17.6 Å². The molecule has 3 N–H and O–H groups in total. The first kappa shape index (κ1) is 10.1. The van der Waals surface area contributed by atoms with Crippen molar-refractivity contribution in [2.75, 3.05) is 19.7 Å². The van der Waals surface area contributed by atoms with Crippen LogP contribution in [0.3, 0.4) is 0 Å². The lowest BCUT2D eigenvalue weighted by Crippen LogP contribution is -2.56. The molecule has 2 saturated carbocycles. The Morgan fingerprint density at radius 1 is 1.27 bits per heavy atom. The second-order valence-corrected chi connectivity index (χ2v) is 5.93. The van der Waals surface area contributed by atoms with Gasteiger partial charge in [-0.05, 0) is 43.9 Å². The summed E-state index contributed by atoms with van der Waals surface area (Å²) in [6.07, 6.45) is 6.60. The Morgan fingerprint density at radius 3 is 2.53 bits per heavy atom. The normalized spacial score (nSPS) is 39.6. The van der Waals surface area contributed by atoms with Crippen LogP contribution in [-0.4, -0.2) is 41.3 Å².